The minimum atomic E-state index is 0.108. The van der Waals surface area contributed by atoms with Crippen LogP contribution >= 0.6 is 15.9 Å². The Labute approximate surface area is 110 Å². The van der Waals surface area contributed by atoms with E-state index in [1.165, 1.54) is 0 Å². The largest absolute Gasteiger partial charge is 0.383 e. The molecule has 17 heavy (non-hydrogen) atoms. The van der Waals surface area contributed by atoms with Crippen molar-refractivity contribution in [2.45, 2.75) is 18.9 Å². The number of amides is 1. The van der Waals surface area contributed by atoms with E-state index in [9.17, 15) is 4.79 Å². The molecule has 0 bridgehead atoms. The van der Waals surface area contributed by atoms with Gasteiger partial charge < -0.3 is 9.64 Å². The predicted molar refractivity (Wildman–Crippen MR) is 70.1 cm³/mol. The van der Waals surface area contributed by atoms with E-state index >= 15 is 0 Å². The molecule has 2 rings (SSSR count). The first-order valence-corrected chi connectivity index (χ1v) is 6.57. The Kier molecular flexibility index (Phi) is 4.18. The number of carbonyl (C=O) groups is 1. The second kappa shape index (κ2) is 5.65. The average molecular weight is 298 g/mol. The minimum absolute atomic E-state index is 0.108. The summed E-state index contributed by atoms with van der Waals surface area (Å²) < 4.78 is 6.15. The zero-order valence-corrected chi connectivity index (χ0v) is 11.4. The first kappa shape index (κ1) is 12.6. The van der Waals surface area contributed by atoms with E-state index in [1.807, 2.05) is 29.2 Å². The van der Waals surface area contributed by atoms with Crippen LogP contribution in [0.1, 0.15) is 23.2 Å². The molecule has 0 spiro atoms. The highest BCUT2D eigenvalue weighted by Crippen LogP contribution is 2.21. The molecule has 1 fully saturated rings. The van der Waals surface area contributed by atoms with Gasteiger partial charge in [-0.1, -0.05) is 15.9 Å². The molecule has 1 atom stereocenters. The molecule has 0 radical (unpaired) electrons. The Balaban J connectivity index is 2.11. The second-order valence-electron chi connectivity index (χ2n) is 4.26. The van der Waals surface area contributed by atoms with Crippen LogP contribution in [-0.2, 0) is 4.74 Å². The van der Waals surface area contributed by atoms with E-state index < -0.39 is 0 Å². The smallest absolute Gasteiger partial charge is 0.254 e. The van der Waals surface area contributed by atoms with Gasteiger partial charge in [0, 0.05) is 23.7 Å². The van der Waals surface area contributed by atoms with Crippen molar-refractivity contribution < 1.29 is 9.53 Å². The van der Waals surface area contributed by atoms with Crippen molar-refractivity contribution in [2.75, 3.05) is 20.3 Å². The number of ether oxygens (including phenoxy) is 1. The fourth-order valence-corrected chi connectivity index (χ4v) is 2.49. The molecule has 92 valence electrons. The third kappa shape index (κ3) is 2.87. The van der Waals surface area contributed by atoms with Crippen LogP contribution in [0.2, 0.25) is 0 Å². The van der Waals surface area contributed by atoms with Gasteiger partial charge in [-0.3, -0.25) is 4.79 Å². The summed E-state index contributed by atoms with van der Waals surface area (Å²) in [5.41, 5.74) is 0.746. The van der Waals surface area contributed by atoms with Crippen molar-refractivity contribution in [3.05, 3.63) is 34.3 Å². The normalized spacial score (nSPS) is 19.6. The van der Waals surface area contributed by atoms with Crippen LogP contribution in [0, 0.1) is 0 Å². The summed E-state index contributed by atoms with van der Waals surface area (Å²) in [6.45, 7) is 1.46. The van der Waals surface area contributed by atoms with Crippen LogP contribution < -0.4 is 0 Å². The molecule has 1 unspecified atom stereocenters. The van der Waals surface area contributed by atoms with Crippen LogP contribution in [0.25, 0.3) is 0 Å². The lowest BCUT2D eigenvalue weighted by Crippen LogP contribution is -2.38. The van der Waals surface area contributed by atoms with Crippen molar-refractivity contribution in [1.82, 2.24) is 4.90 Å². The van der Waals surface area contributed by atoms with Crippen molar-refractivity contribution in [3.8, 4) is 0 Å². The monoisotopic (exact) mass is 297 g/mol. The molecule has 1 aromatic rings. The molecule has 3 nitrogen and oxygen atoms in total. The van der Waals surface area contributed by atoms with Crippen molar-refractivity contribution >= 4 is 21.8 Å². The Bertz CT molecular complexity index is 391. The standard InChI is InChI=1S/C13H16BrNO2/c1-17-9-12-3-2-8-15(12)13(16)10-4-6-11(14)7-5-10/h4-7,12H,2-3,8-9H2,1H3. The number of hydrogen-bond donors (Lipinski definition) is 0. The molecule has 1 aliphatic heterocycles. The molecular formula is C13H16BrNO2. The summed E-state index contributed by atoms with van der Waals surface area (Å²) in [6.07, 6.45) is 2.10. The van der Waals surface area contributed by atoms with E-state index in [0.717, 1.165) is 29.4 Å². The van der Waals surface area contributed by atoms with Gasteiger partial charge in [-0.05, 0) is 37.1 Å². The summed E-state index contributed by atoms with van der Waals surface area (Å²) in [4.78, 5) is 14.2. The van der Waals surface area contributed by atoms with Crippen LogP contribution in [-0.4, -0.2) is 37.1 Å². The van der Waals surface area contributed by atoms with Crippen molar-refractivity contribution in [2.24, 2.45) is 0 Å². The van der Waals surface area contributed by atoms with Gasteiger partial charge >= 0.3 is 0 Å². The number of rotatable bonds is 3. The molecule has 1 aliphatic rings. The number of benzene rings is 1. The molecule has 1 amide bonds. The highest BCUT2D eigenvalue weighted by atomic mass is 79.9. The SMILES string of the molecule is COCC1CCCN1C(=O)c1ccc(Br)cc1. The number of nitrogens with zero attached hydrogens (tertiary/aromatic N) is 1. The quantitative estimate of drug-likeness (QED) is 0.858. The highest BCUT2D eigenvalue weighted by Gasteiger charge is 2.29. The summed E-state index contributed by atoms with van der Waals surface area (Å²) in [6, 6.07) is 7.74. The molecule has 1 heterocycles. The summed E-state index contributed by atoms with van der Waals surface area (Å²) in [5.74, 6) is 0.108. The van der Waals surface area contributed by atoms with Gasteiger partial charge in [0.2, 0.25) is 0 Å². The van der Waals surface area contributed by atoms with E-state index in [2.05, 4.69) is 15.9 Å². The van der Waals surface area contributed by atoms with Gasteiger partial charge in [0.25, 0.3) is 5.91 Å². The molecule has 0 N–H and O–H groups in total. The zero-order chi connectivity index (χ0) is 12.3. The molecule has 0 aromatic heterocycles. The van der Waals surface area contributed by atoms with Gasteiger partial charge in [0.1, 0.15) is 0 Å². The maximum absolute atomic E-state index is 12.3. The molecule has 1 saturated heterocycles. The van der Waals surface area contributed by atoms with Gasteiger partial charge in [-0.25, -0.2) is 0 Å². The topological polar surface area (TPSA) is 29.5 Å². The maximum atomic E-state index is 12.3. The number of halogens is 1. The van der Waals surface area contributed by atoms with Gasteiger partial charge in [-0.15, -0.1) is 0 Å². The third-order valence-corrected chi connectivity index (χ3v) is 3.62. The predicted octanol–water partition coefficient (Wildman–Crippen LogP) is 2.70. The van der Waals surface area contributed by atoms with Crippen molar-refractivity contribution in [3.63, 3.8) is 0 Å². The lowest BCUT2D eigenvalue weighted by atomic mass is 10.2. The fourth-order valence-electron chi connectivity index (χ4n) is 2.23. The molecule has 0 aliphatic carbocycles. The van der Waals surface area contributed by atoms with E-state index in [0.29, 0.717) is 6.61 Å². The minimum Gasteiger partial charge on any atom is -0.383 e. The number of methoxy groups -OCH3 is 1. The number of hydrogen-bond acceptors (Lipinski definition) is 2. The summed E-state index contributed by atoms with van der Waals surface area (Å²) in [5, 5.41) is 0. The summed E-state index contributed by atoms with van der Waals surface area (Å²) >= 11 is 3.37. The van der Waals surface area contributed by atoms with E-state index in [1.54, 1.807) is 7.11 Å². The number of carbonyl (C=O) groups excluding carboxylic acids is 1. The van der Waals surface area contributed by atoms with Gasteiger partial charge in [-0.2, -0.15) is 0 Å². The Morgan fingerprint density at radius 2 is 2.18 bits per heavy atom. The fraction of sp³-hybridized carbons (Fsp3) is 0.462. The lowest BCUT2D eigenvalue weighted by molar-refractivity contribution is 0.0630. The summed E-state index contributed by atoms with van der Waals surface area (Å²) in [7, 11) is 1.68. The Hall–Kier alpha value is -0.870. The van der Waals surface area contributed by atoms with E-state index in [4.69, 9.17) is 4.74 Å². The number of likely N-dealkylation sites (tertiary alicyclic amines) is 1. The lowest BCUT2D eigenvalue weighted by Gasteiger charge is -2.24. The van der Waals surface area contributed by atoms with Crippen LogP contribution in [0.5, 0.6) is 0 Å². The van der Waals surface area contributed by atoms with Crippen LogP contribution in [0.3, 0.4) is 0 Å². The van der Waals surface area contributed by atoms with E-state index in [-0.39, 0.29) is 11.9 Å². The first-order valence-electron chi connectivity index (χ1n) is 5.78. The molecule has 4 heteroatoms. The first-order chi connectivity index (χ1) is 8.22. The third-order valence-electron chi connectivity index (χ3n) is 3.09. The van der Waals surface area contributed by atoms with Gasteiger partial charge in [0.05, 0.1) is 12.6 Å². The molecular weight excluding hydrogens is 282 g/mol. The Morgan fingerprint density at radius 1 is 1.47 bits per heavy atom. The zero-order valence-electron chi connectivity index (χ0n) is 9.86. The highest BCUT2D eigenvalue weighted by molar-refractivity contribution is 9.10. The molecule has 1 aromatic carbocycles. The Morgan fingerprint density at radius 3 is 2.82 bits per heavy atom. The molecule has 0 saturated carbocycles. The average Bonchev–Trinajstić information content (AvgIpc) is 2.78. The van der Waals surface area contributed by atoms with Gasteiger partial charge in [0.15, 0.2) is 0 Å². The van der Waals surface area contributed by atoms with Crippen molar-refractivity contribution in [1.29, 1.82) is 0 Å². The van der Waals surface area contributed by atoms with Crippen LogP contribution in [0.15, 0.2) is 28.7 Å². The van der Waals surface area contributed by atoms with Crippen LogP contribution in [0.4, 0.5) is 0 Å². The second-order valence-corrected chi connectivity index (χ2v) is 5.17. The maximum Gasteiger partial charge on any atom is 0.254 e.